The molecule has 7 heteroatoms. The molecule has 1 amide bonds. The zero-order valence-electron chi connectivity index (χ0n) is 13.0. The van der Waals surface area contributed by atoms with Crippen molar-refractivity contribution in [2.24, 2.45) is 7.05 Å². The Morgan fingerprint density at radius 2 is 2.30 bits per heavy atom. The van der Waals surface area contributed by atoms with E-state index in [9.17, 15) is 4.79 Å². The molecule has 118 valence electrons. The van der Waals surface area contributed by atoms with Crippen molar-refractivity contribution < 1.29 is 9.32 Å². The molecule has 1 aliphatic rings. The van der Waals surface area contributed by atoms with Gasteiger partial charge < -0.3 is 14.8 Å². The minimum atomic E-state index is -0.214. The number of anilines is 1. The van der Waals surface area contributed by atoms with Gasteiger partial charge in [0.15, 0.2) is 5.82 Å². The summed E-state index contributed by atoms with van der Waals surface area (Å²) >= 11 is 0. The topological polar surface area (TPSA) is 88.7 Å². The zero-order valence-corrected chi connectivity index (χ0v) is 13.0. The molecule has 3 heterocycles. The van der Waals surface area contributed by atoms with E-state index in [1.807, 2.05) is 13.2 Å². The standard InChI is InChI=1S/C16H17N5O2/c1-9-6-13(20-23-9)18-16(22)11-7-17-12-5-3-4-10-8-21(2)19-15(10)14(11)12/h6-8,17H,3-5H2,1-2H3,(H,18,20,22). The first-order valence-corrected chi connectivity index (χ1v) is 7.59. The van der Waals surface area contributed by atoms with Gasteiger partial charge in [0.25, 0.3) is 5.91 Å². The average Bonchev–Trinajstić information content (AvgIpc) is 3.17. The van der Waals surface area contributed by atoms with E-state index in [4.69, 9.17) is 4.52 Å². The number of carbonyl (C=O) groups is 1. The molecule has 3 aromatic heterocycles. The number of nitrogens with zero attached hydrogens (tertiary/aromatic N) is 3. The normalized spacial score (nSPS) is 13.3. The van der Waals surface area contributed by atoms with Crippen LogP contribution >= 0.6 is 0 Å². The third-order valence-corrected chi connectivity index (χ3v) is 4.09. The van der Waals surface area contributed by atoms with Crippen LogP contribution in [-0.2, 0) is 19.9 Å². The van der Waals surface area contributed by atoms with Crippen molar-refractivity contribution in [2.75, 3.05) is 5.32 Å². The van der Waals surface area contributed by atoms with Gasteiger partial charge in [0.2, 0.25) is 0 Å². The summed E-state index contributed by atoms with van der Waals surface area (Å²) in [5, 5.41) is 11.1. The maximum atomic E-state index is 12.6. The van der Waals surface area contributed by atoms with Crippen molar-refractivity contribution in [1.29, 1.82) is 0 Å². The largest absolute Gasteiger partial charge is 0.364 e. The van der Waals surface area contributed by atoms with Crippen LogP contribution in [0.1, 0.15) is 33.8 Å². The van der Waals surface area contributed by atoms with Crippen LogP contribution in [0.25, 0.3) is 11.3 Å². The lowest BCUT2D eigenvalue weighted by Gasteiger charge is -2.04. The van der Waals surface area contributed by atoms with Crippen LogP contribution in [0, 0.1) is 6.92 Å². The molecule has 0 saturated heterocycles. The summed E-state index contributed by atoms with van der Waals surface area (Å²) < 4.78 is 6.79. The molecule has 0 unspecified atom stereocenters. The quantitative estimate of drug-likeness (QED) is 0.761. The molecule has 0 atom stereocenters. The van der Waals surface area contributed by atoms with Gasteiger partial charge in [-0.05, 0) is 31.7 Å². The fourth-order valence-corrected chi connectivity index (χ4v) is 3.11. The second-order valence-electron chi connectivity index (χ2n) is 5.86. The van der Waals surface area contributed by atoms with E-state index >= 15 is 0 Å². The summed E-state index contributed by atoms with van der Waals surface area (Å²) in [6.45, 7) is 1.78. The summed E-state index contributed by atoms with van der Waals surface area (Å²) in [6, 6.07) is 1.69. The molecule has 0 radical (unpaired) electrons. The molecular formula is C16H17N5O2. The highest BCUT2D eigenvalue weighted by atomic mass is 16.5. The van der Waals surface area contributed by atoms with Crippen molar-refractivity contribution in [1.82, 2.24) is 19.9 Å². The van der Waals surface area contributed by atoms with Crippen LogP contribution in [-0.4, -0.2) is 25.8 Å². The Hall–Kier alpha value is -2.83. The van der Waals surface area contributed by atoms with E-state index in [2.05, 4.69) is 20.6 Å². The first-order valence-electron chi connectivity index (χ1n) is 7.59. The van der Waals surface area contributed by atoms with Crippen LogP contribution < -0.4 is 5.32 Å². The van der Waals surface area contributed by atoms with Crippen LogP contribution in [0.3, 0.4) is 0 Å². The lowest BCUT2D eigenvalue weighted by Crippen LogP contribution is -2.12. The number of aromatic nitrogens is 4. The molecule has 7 nitrogen and oxygen atoms in total. The number of aryl methyl sites for hydroxylation is 4. The number of H-pyrrole nitrogens is 1. The third-order valence-electron chi connectivity index (χ3n) is 4.09. The number of rotatable bonds is 2. The van der Waals surface area contributed by atoms with Gasteiger partial charge in [0.05, 0.1) is 11.3 Å². The molecule has 0 fully saturated rings. The Morgan fingerprint density at radius 3 is 3.09 bits per heavy atom. The van der Waals surface area contributed by atoms with Crippen molar-refractivity contribution in [3.8, 4) is 11.3 Å². The van der Waals surface area contributed by atoms with Gasteiger partial charge in [-0.3, -0.25) is 9.48 Å². The number of carbonyl (C=O) groups excluding carboxylic acids is 1. The molecule has 3 aromatic rings. The molecule has 2 N–H and O–H groups in total. The fraction of sp³-hybridized carbons (Fsp3) is 0.312. The molecule has 4 rings (SSSR count). The van der Waals surface area contributed by atoms with E-state index in [1.54, 1.807) is 23.9 Å². The van der Waals surface area contributed by atoms with Gasteiger partial charge in [0.1, 0.15) is 5.76 Å². The van der Waals surface area contributed by atoms with Crippen LogP contribution in [0.2, 0.25) is 0 Å². The van der Waals surface area contributed by atoms with Crippen molar-refractivity contribution in [3.05, 3.63) is 41.0 Å². The number of hydrogen-bond acceptors (Lipinski definition) is 4. The van der Waals surface area contributed by atoms with E-state index in [0.29, 0.717) is 17.1 Å². The summed E-state index contributed by atoms with van der Waals surface area (Å²) in [5.74, 6) is 0.854. The third kappa shape index (κ3) is 2.34. The van der Waals surface area contributed by atoms with Crippen molar-refractivity contribution in [3.63, 3.8) is 0 Å². The Labute approximate surface area is 132 Å². The molecule has 0 bridgehead atoms. The van der Waals surface area contributed by atoms with Crippen LogP contribution in [0.4, 0.5) is 5.82 Å². The maximum Gasteiger partial charge on any atom is 0.259 e. The second-order valence-corrected chi connectivity index (χ2v) is 5.86. The first kappa shape index (κ1) is 13.8. The maximum absolute atomic E-state index is 12.6. The molecule has 23 heavy (non-hydrogen) atoms. The Morgan fingerprint density at radius 1 is 1.43 bits per heavy atom. The lowest BCUT2D eigenvalue weighted by molar-refractivity contribution is 0.102. The average molecular weight is 311 g/mol. The zero-order chi connectivity index (χ0) is 16.0. The van der Waals surface area contributed by atoms with Crippen LogP contribution in [0.5, 0.6) is 0 Å². The smallest absolute Gasteiger partial charge is 0.259 e. The summed E-state index contributed by atoms with van der Waals surface area (Å²) in [7, 11) is 1.90. The number of nitrogens with one attached hydrogen (secondary N) is 2. The van der Waals surface area contributed by atoms with E-state index in [-0.39, 0.29) is 5.91 Å². The molecule has 0 aliphatic heterocycles. The van der Waals surface area contributed by atoms with Crippen LogP contribution in [0.15, 0.2) is 23.0 Å². The molecule has 0 saturated carbocycles. The molecule has 1 aliphatic carbocycles. The van der Waals surface area contributed by atoms with Gasteiger partial charge in [-0.25, -0.2) is 0 Å². The highest BCUT2D eigenvalue weighted by Crippen LogP contribution is 2.34. The minimum Gasteiger partial charge on any atom is -0.364 e. The lowest BCUT2D eigenvalue weighted by atomic mass is 10.0. The Kier molecular flexibility index (Phi) is 3.07. The fourth-order valence-electron chi connectivity index (χ4n) is 3.11. The van der Waals surface area contributed by atoms with Gasteiger partial charge >= 0.3 is 0 Å². The van der Waals surface area contributed by atoms with E-state index in [0.717, 1.165) is 36.2 Å². The minimum absolute atomic E-state index is 0.214. The highest BCUT2D eigenvalue weighted by Gasteiger charge is 2.25. The first-order chi connectivity index (χ1) is 11.1. The summed E-state index contributed by atoms with van der Waals surface area (Å²) in [4.78, 5) is 15.9. The monoisotopic (exact) mass is 311 g/mol. The molecular weight excluding hydrogens is 294 g/mol. The van der Waals surface area contributed by atoms with Gasteiger partial charge in [0, 0.05) is 36.8 Å². The van der Waals surface area contributed by atoms with Gasteiger partial charge in [-0.15, -0.1) is 0 Å². The SMILES string of the molecule is Cc1cc(NC(=O)c2c[nH]c3c2-c2nn(C)cc2CCC3)no1. The van der Waals surface area contributed by atoms with Gasteiger partial charge in [-0.1, -0.05) is 5.16 Å². The highest BCUT2D eigenvalue weighted by molar-refractivity contribution is 6.08. The number of fused-ring (bicyclic) bond motifs is 3. The second kappa shape index (κ2) is 5.12. The molecule has 0 aromatic carbocycles. The summed E-state index contributed by atoms with van der Waals surface area (Å²) in [6.07, 6.45) is 6.69. The molecule has 0 spiro atoms. The Bertz CT molecular complexity index is 886. The number of hydrogen-bond donors (Lipinski definition) is 2. The summed E-state index contributed by atoms with van der Waals surface area (Å²) in [5.41, 5.74) is 4.61. The van der Waals surface area contributed by atoms with Gasteiger partial charge in [-0.2, -0.15) is 5.10 Å². The predicted molar refractivity (Wildman–Crippen MR) is 84.2 cm³/mol. The van der Waals surface area contributed by atoms with E-state index in [1.165, 1.54) is 5.56 Å². The van der Waals surface area contributed by atoms with E-state index < -0.39 is 0 Å². The number of amides is 1. The van der Waals surface area contributed by atoms with Crippen molar-refractivity contribution in [2.45, 2.75) is 26.2 Å². The Balaban J connectivity index is 1.75. The number of aromatic amines is 1. The predicted octanol–water partition coefficient (Wildman–Crippen LogP) is 2.45. The van der Waals surface area contributed by atoms with Crippen molar-refractivity contribution >= 4 is 11.7 Å².